The van der Waals surface area contributed by atoms with E-state index in [9.17, 15) is 20.1 Å². The molecule has 0 spiro atoms. The van der Waals surface area contributed by atoms with Crippen molar-refractivity contribution in [2.24, 2.45) is 0 Å². The summed E-state index contributed by atoms with van der Waals surface area (Å²) in [7, 11) is 0. The number of aliphatic hydroxyl groups is 3. The number of aromatic nitrogens is 2. The third-order valence-corrected chi connectivity index (χ3v) is 2.85. The fraction of sp³-hybridized carbons (Fsp3) is 0.600. The molecule has 4 unspecified atom stereocenters. The summed E-state index contributed by atoms with van der Waals surface area (Å²) in [6.07, 6.45) is -2.85. The molecule has 5 N–H and O–H groups in total. The van der Waals surface area contributed by atoms with Crippen LogP contribution >= 0.6 is 0 Å². The van der Waals surface area contributed by atoms with Gasteiger partial charge >= 0.3 is 5.69 Å². The van der Waals surface area contributed by atoms with Crippen molar-refractivity contribution >= 4 is 5.82 Å². The Kier molecular flexibility index (Phi) is 3.62. The fourth-order valence-corrected chi connectivity index (χ4v) is 1.85. The van der Waals surface area contributed by atoms with Crippen molar-refractivity contribution in [2.45, 2.75) is 31.0 Å². The van der Waals surface area contributed by atoms with Crippen LogP contribution < -0.4 is 11.4 Å². The highest BCUT2D eigenvalue weighted by Crippen LogP contribution is 2.18. The lowest BCUT2D eigenvalue weighted by molar-refractivity contribution is -0.0565. The minimum atomic E-state index is -1.17. The Morgan fingerprint density at radius 1 is 1.61 bits per heavy atom. The van der Waals surface area contributed by atoms with Crippen LogP contribution in [0.25, 0.3) is 0 Å². The van der Waals surface area contributed by atoms with E-state index in [1.807, 2.05) is 0 Å². The van der Waals surface area contributed by atoms with Crippen LogP contribution in [0.5, 0.6) is 0 Å². The first-order valence-electron chi connectivity index (χ1n) is 5.48. The van der Waals surface area contributed by atoms with Crippen LogP contribution in [-0.2, 0) is 11.3 Å². The zero-order chi connectivity index (χ0) is 13.3. The quantitative estimate of drug-likeness (QED) is 0.463. The molecule has 1 aliphatic rings. The maximum Gasteiger partial charge on any atom is 0.349 e. The third kappa shape index (κ3) is 2.51. The Bertz CT molecular complexity index is 477. The Labute approximate surface area is 102 Å². The van der Waals surface area contributed by atoms with Crippen LogP contribution in [-0.4, -0.2) is 55.9 Å². The van der Waals surface area contributed by atoms with Crippen LogP contribution in [0.15, 0.2) is 17.1 Å². The number of rotatable bonds is 3. The van der Waals surface area contributed by atoms with E-state index < -0.39 is 30.1 Å². The van der Waals surface area contributed by atoms with Crippen LogP contribution in [0.2, 0.25) is 0 Å². The molecule has 1 aromatic rings. The Balaban J connectivity index is 2.07. The van der Waals surface area contributed by atoms with Crippen molar-refractivity contribution < 1.29 is 20.1 Å². The summed E-state index contributed by atoms with van der Waals surface area (Å²) in [5.74, 6) is 0.0957. The second kappa shape index (κ2) is 5.02. The SMILES string of the molecule is Nc1ccn(CC(O)C2OCC(O)C2O)c(=O)n1. The molecule has 0 bridgehead atoms. The first kappa shape index (κ1) is 13.0. The monoisotopic (exact) mass is 257 g/mol. The minimum Gasteiger partial charge on any atom is -0.388 e. The first-order chi connectivity index (χ1) is 8.49. The number of ether oxygens (including phenoxy) is 1. The van der Waals surface area contributed by atoms with E-state index in [1.165, 1.54) is 12.3 Å². The first-order valence-corrected chi connectivity index (χ1v) is 5.48. The van der Waals surface area contributed by atoms with E-state index in [0.29, 0.717) is 0 Å². The van der Waals surface area contributed by atoms with E-state index in [4.69, 9.17) is 10.5 Å². The molecular formula is C10H15N3O5. The molecule has 1 aromatic heterocycles. The van der Waals surface area contributed by atoms with Gasteiger partial charge in [-0.3, -0.25) is 4.57 Å². The summed E-state index contributed by atoms with van der Waals surface area (Å²) in [5, 5.41) is 28.7. The molecule has 0 saturated carbocycles. The predicted octanol–water partition coefficient (Wildman–Crippen LogP) is -2.69. The van der Waals surface area contributed by atoms with Crippen molar-refractivity contribution in [1.29, 1.82) is 0 Å². The van der Waals surface area contributed by atoms with Gasteiger partial charge in [-0.25, -0.2) is 4.79 Å². The predicted molar refractivity (Wildman–Crippen MR) is 60.7 cm³/mol. The molecule has 2 rings (SSSR count). The molecule has 100 valence electrons. The van der Waals surface area contributed by atoms with Gasteiger partial charge in [0.1, 0.15) is 30.2 Å². The van der Waals surface area contributed by atoms with Crippen molar-refractivity contribution in [3.05, 3.63) is 22.7 Å². The van der Waals surface area contributed by atoms with Crippen LogP contribution in [0.4, 0.5) is 5.82 Å². The average Bonchev–Trinajstić information content (AvgIpc) is 2.64. The smallest absolute Gasteiger partial charge is 0.349 e. The van der Waals surface area contributed by atoms with E-state index >= 15 is 0 Å². The average molecular weight is 257 g/mol. The summed E-state index contributed by atoms with van der Waals surface area (Å²) < 4.78 is 6.22. The zero-order valence-corrected chi connectivity index (χ0v) is 9.51. The second-order valence-corrected chi connectivity index (χ2v) is 4.21. The maximum absolute atomic E-state index is 11.4. The standard InChI is InChI=1S/C10H15N3O5/c11-7-1-2-13(10(17)12-7)3-5(14)9-8(16)6(15)4-18-9/h1-2,5-6,8-9,14-16H,3-4H2,(H2,11,12,17). The summed E-state index contributed by atoms with van der Waals surface area (Å²) in [6.45, 7) is -0.141. The van der Waals surface area contributed by atoms with Crippen LogP contribution in [0.3, 0.4) is 0 Å². The van der Waals surface area contributed by atoms with Gasteiger partial charge in [0.25, 0.3) is 0 Å². The maximum atomic E-state index is 11.4. The highest BCUT2D eigenvalue weighted by Gasteiger charge is 2.39. The van der Waals surface area contributed by atoms with Crippen molar-refractivity contribution in [3.63, 3.8) is 0 Å². The summed E-state index contributed by atoms with van der Waals surface area (Å²) in [6, 6.07) is 1.43. The number of anilines is 1. The van der Waals surface area contributed by atoms with E-state index in [-0.39, 0.29) is 19.0 Å². The number of nitrogen functional groups attached to an aromatic ring is 1. The van der Waals surface area contributed by atoms with Crippen LogP contribution in [0.1, 0.15) is 0 Å². The molecule has 4 atom stereocenters. The lowest BCUT2D eigenvalue weighted by Crippen LogP contribution is -2.42. The number of hydrogen-bond donors (Lipinski definition) is 4. The highest BCUT2D eigenvalue weighted by atomic mass is 16.5. The van der Waals surface area contributed by atoms with Crippen molar-refractivity contribution in [3.8, 4) is 0 Å². The van der Waals surface area contributed by atoms with Crippen molar-refractivity contribution in [2.75, 3.05) is 12.3 Å². The molecule has 2 heterocycles. The number of nitrogens with two attached hydrogens (primary N) is 1. The topological polar surface area (TPSA) is 131 Å². The molecule has 0 aromatic carbocycles. The summed E-state index contributed by atoms with van der Waals surface area (Å²) in [5.41, 5.74) is 4.74. The largest absolute Gasteiger partial charge is 0.388 e. The molecule has 0 aliphatic carbocycles. The molecule has 0 radical (unpaired) electrons. The molecule has 1 aliphatic heterocycles. The molecule has 8 heteroatoms. The number of nitrogens with zero attached hydrogens (tertiary/aromatic N) is 2. The van der Waals surface area contributed by atoms with Gasteiger partial charge < -0.3 is 25.8 Å². The third-order valence-electron chi connectivity index (χ3n) is 2.85. The van der Waals surface area contributed by atoms with E-state index in [2.05, 4.69) is 4.98 Å². The fourth-order valence-electron chi connectivity index (χ4n) is 1.85. The van der Waals surface area contributed by atoms with E-state index in [0.717, 1.165) is 4.57 Å². The molecule has 0 amide bonds. The van der Waals surface area contributed by atoms with Gasteiger partial charge in [-0.15, -0.1) is 0 Å². The van der Waals surface area contributed by atoms with Gasteiger partial charge in [-0.1, -0.05) is 0 Å². The Hall–Kier alpha value is -1.48. The second-order valence-electron chi connectivity index (χ2n) is 4.21. The number of hydrogen-bond acceptors (Lipinski definition) is 7. The van der Waals surface area contributed by atoms with Gasteiger partial charge in [-0.05, 0) is 6.07 Å². The molecule has 1 fully saturated rings. The van der Waals surface area contributed by atoms with Gasteiger partial charge in [0.2, 0.25) is 0 Å². The van der Waals surface area contributed by atoms with Gasteiger partial charge in [0.05, 0.1) is 13.2 Å². The molecular weight excluding hydrogens is 242 g/mol. The number of aliphatic hydroxyl groups excluding tert-OH is 3. The molecule has 18 heavy (non-hydrogen) atoms. The Morgan fingerprint density at radius 3 is 2.89 bits per heavy atom. The highest BCUT2D eigenvalue weighted by molar-refractivity contribution is 5.23. The summed E-state index contributed by atoms with van der Waals surface area (Å²) in [4.78, 5) is 15.0. The van der Waals surface area contributed by atoms with Crippen molar-refractivity contribution in [1.82, 2.24) is 9.55 Å². The Morgan fingerprint density at radius 2 is 2.33 bits per heavy atom. The molecule has 8 nitrogen and oxygen atoms in total. The van der Waals surface area contributed by atoms with E-state index in [1.54, 1.807) is 0 Å². The van der Waals surface area contributed by atoms with Gasteiger partial charge in [0, 0.05) is 6.20 Å². The minimum absolute atomic E-state index is 0.0439. The molecule has 1 saturated heterocycles. The lowest BCUT2D eigenvalue weighted by atomic mass is 10.1. The van der Waals surface area contributed by atoms with Gasteiger partial charge in [0.15, 0.2) is 0 Å². The van der Waals surface area contributed by atoms with Crippen LogP contribution in [0, 0.1) is 0 Å². The normalized spacial score (nSPS) is 29.4. The summed E-state index contributed by atoms with van der Waals surface area (Å²) >= 11 is 0. The lowest BCUT2D eigenvalue weighted by Gasteiger charge is -2.21. The van der Waals surface area contributed by atoms with Gasteiger partial charge in [-0.2, -0.15) is 4.98 Å². The zero-order valence-electron chi connectivity index (χ0n) is 9.51.